The van der Waals surface area contributed by atoms with Crippen LogP contribution < -0.4 is 5.32 Å². The van der Waals surface area contributed by atoms with Gasteiger partial charge in [-0.1, -0.05) is 35.0 Å². The van der Waals surface area contributed by atoms with E-state index in [0.717, 1.165) is 0 Å². The van der Waals surface area contributed by atoms with Gasteiger partial charge in [-0.3, -0.25) is 9.89 Å². The molecule has 1 aromatic heterocycles. The van der Waals surface area contributed by atoms with Crippen LogP contribution in [0.4, 0.5) is 5.69 Å². The normalized spacial score (nSPS) is 12.2. The summed E-state index contributed by atoms with van der Waals surface area (Å²) in [7, 11) is 0. The molecule has 0 aliphatic carbocycles. The van der Waals surface area contributed by atoms with Crippen LogP contribution in [-0.4, -0.2) is 26.3 Å². The van der Waals surface area contributed by atoms with Crippen LogP contribution in [0.25, 0.3) is 0 Å². The van der Waals surface area contributed by atoms with Crippen molar-refractivity contribution in [1.29, 1.82) is 0 Å². The van der Waals surface area contributed by atoms with Gasteiger partial charge < -0.3 is 5.32 Å². The van der Waals surface area contributed by atoms with Crippen LogP contribution in [0.5, 0.6) is 0 Å². The van der Waals surface area contributed by atoms with E-state index in [1.54, 1.807) is 32.0 Å². The lowest BCUT2D eigenvalue weighted by Crippen LogP contribution is -2.22. The molecule has 0 saturated carbocycles. The van der Waals surface area contributed by atoms with Gasteiger partial charge in [-0.25, -0.2) is 4.98 Å². The fourth-order valence-corrected chi connectivity index (χ4v) is 2.52. The second-order valence-corrected chi connectivity index (χ2v) is 6.23. The Labute approximate surface area is 130 Å². The number of rotatable bonds is 4. The number of nitrogens with one attached hydrogen (secondary N) is 2. The predicted molar refractivity (Wildman–Crippen MR) is 81.5 cm³/mol. The molecule has 2 aromatic rings. The maximum absolute atomic E-state index is 12.1. The minimum atomic E-state index is -0.361. The van der Waals surface area contributed by atoms with E-state index < -0.39 is 0 Å². The number of aromatic nitrogens is 3. The number of carbonyl (C=O) groups excluding carboxylic acids is 1. The molecule has 0 fully saturated rings. The average Bonchev–Trinajstić information content (AvgIpc) is 2.79. The van der Waals surface area contributed by atoms with Crippen molar-refractivity contribution in [2.75, 3.05) is 5.32 Å². The van der Waals surface area contributed by atoms with E-state index in [9.17, 15) is 4.79 Å². The zero-order valence-corrected chi connectivity index (χ0v) is 13.1. The van der Waals surface area contributed by atoms with Crippen LogP contribution in [0.15, 0.2) is 23.4 Å². The van der Waals surface area contributed by atoms with Crippen molar-refractivity contribution < 1.29 is 4.79 Å². The van der Waals surface area contributed by atoms with E-state index in [1.807, 2.05) is 0 Å². The molecule has 0 bridgehead atoms. The summed E-state index contributed by atoms with van der Waals surface area (Å²) in [6, 6.07) is 4.90. The number of thioether (sulfide) groups is 1. The van der Waals surface area contributed by atoms with Gasteiger partial charge >= 0.3 is 0 Å². The summed E-state index contributed by atoms with van der Waals surface area (Å²) in [6.07, 6.45) is 0. The third kappa shape index (κ3) is 3.88. The van der Waals surface area contributed by atoms with E-state index >= 15 is 0 Å². The van der Waals surface area contributed by atoms with Crippen LogP contribution in [0, 0.1) is 6.92 Å². The molecule has 8 heteroatoms. The highest BCUT2D eigenvalue weighted by Crippen LogP contribution is 2.27. The number of halogens is 2. The van der Waals surface area contributed by atoms with Crippen molar-refractivity contribution in [2.24, 2.45) is 0 Å². The smallest absolute Gasteiger partial charge is 0.237 e. The number of carbonyl (C=O) groups is 1. The number of benzene rings is 1. The van der Waals surface area contributed by atoms with Gasteiger partial charge in [0.25, 0.3) is 0 Å². The van der Waals surface area contributed by atoms with Gasteiger partial charge in [0.15, 0.2) is 0 Å². The summed E-state index contributed by atoms with van der Waals surface area (Å²) in [5, 5.41) is 10.6. The Balaban J connectivity index is 2.02. The summed E-state index contributed by atoms with van der Waals surface area (Å²) in [6.45, 7) is 3.57. The summed E-state index contributed by atoms with van der Waals surface area (Å²) in [4.78, 5) is 16.2. The Bertz CT molecular complexity index is 632. The van der Waals surface area contributed by atoms with Crippen molar-refractivity contribution in [3.8, 4) is 0 Å². The Kier molecular flexibility index (Phi) is 4.91. The molecule has 1 atom stereocenters. The third-order valence-electron chi connectivity index (χ3n) is 2.41. The first-order chi connectivity index (χ1) is 9.45. The number of aromatic amines is 1. The maximum Gasteiger partial charge on any atom is 0.237 e. The lowest BCUT2D eigenvalue weighted by molar-refractivity contribution is -0.115. The van der Waals surface area contributed by atoms with Gasteiger partial charge in [0, 0.05) is 5.02 Å². The molecule has 1 aromatic carbocycles. The van der Waals surface area contributed by atoms with E-state index in [0.29, 0.717) is 26.7 Å². The van der Waals surface area contributed by atoms with Crippen LogP contribution in [0.3, 0.4) is 0 Å². The summed E-state index contributed by atoms with van der Waals surface area (Å²) in [5.41, 5.74) is 0.489. The topological polar surface area (TPSA) is 70.7 Å². The molecule has 106 valence electrons. The summed E-state index contributed by atoms with van der Waals surface area (Å²) in [5.74, 6) is 0.514. The van der Waals surface area contributed by atoms with Crippen LogP contribution >= 0.6 is 35.0 Å². The quantitative estimate of drug-likeness (QED) is 0.841. The molecule has 20 heavy (non-hydrogen) atoms. The minimum Gasteiger partial charge on any atom is -0.324 e. The average molecular weight is 331 g/mol. The predicted octanol–water partition coefficient (Wildman–Crippen LogP) is 3.54. The molecular weight excluding hydrogens is 319 g/mol. The van der Waals surface area contributed by atoms with Gasteiger partial charge in [0.1, 0.15) is 5.82 Å². The van der Waals surface area contributed by atoms with Crippen molar-refractivity contribution >= 4 is 46.6 Å². The number of hydrogen-bond donors (Lipinski definition) is 2. The molecule has 2 N–H and O–H groups in total. The second-order valence-electron chi connectivity index (χ2n) is 4.08. The first kappa shape index (κ1) is 15.2. The summed E-state index contributed by atoms with van der Waals surface area (Å²) < 4.78 is 0. The minimum absolute atomic E-state index is 0.193. The van der Waals surface area contributed by atoms with Crippen molar-refractivity contribution in [3.05, 3.63) is 34.1 Å². The van der Waals surface area contributed by atoms with E-state index in [-0.39, 0.29) is 11.2 Å². The van der Waals surface area contributed by atoms with Crippen LogP contribution in [0.1, 0.15) is 12.7 Å². The molecule has 0 aliphatic heterocycles. The molecule has 1 heterocycles. The van der Waals surface area contributed by atoms with Crippen LogP contribution in [0.2, 0.25) is 10.0 Å². The van der Waals surface area contributed by atoms with E-state index in [2.05, 4.69) is 20.5 Å². The number of aryl methyl sites for hydroxylation is 1. The van der Waals surface area contributed by atoms with Gasteiger partial charge in [0.2, 0.25) is 11.1 Å². The second kappa shape index (κ2) is 6.47. The first-order valence-electron chi connectivity index (χ1n) is 5.77. The lowest BCUT2D eigenvalue weighted by Gasteiger charge is -2.11. The standard InChI is InChI=1S/C12H12Cl2N4OS/c1-6(20-12-15-7(2)17-18-12)11(19)16-10-5-8(13)3-4-9(10)14/h3-6H,1-2H3,(H,16,19)(H,15,17,18). The Morgan fingerprint density at radius 3 is 2.85 bits per heavy atom. The van der Waals surface area contributed by atoms with Gasteiger partial charge in [-0.15, -0.1) is 5.10 Å². The Morgan fingerprint density at radius 2 is 2.20 bits per heavy atom. The highest BCUT2D eigenvalue weighted by atomic mass is 35.5. The lowest BCUT2D eigenvalue weighted by atomic mass is 10.3. The molecule has 5 nitrogen and oxygen atoms in total. The van der Waals surface area contributed by atoms with Crippen molar-refractivity contribution in [1.82, 2.24) is 15.2 Å². The monoisotopic (exact) mass is 330 g/mol. The highest BCUT2D eigenvalue weighted by Gasteiger charge is 2.18. The molecule has 0 spiro atoms. The Hall–Kier alpha value is -1.24. The first-order valence-corrected chi connectivity index (χ1v) is 7.41. The van der Waals surface area contributed by atoms with E-state index in [1.165, 1.54) is 11.8 Å². The number of anilines is 1. The molecular formula is C12H12Cl2N4OS. The van der Waals surface area contributed by atoms with E-state index in [4.69, 9.17) is 23.2 Å². The third-order valence-corrected chi connectivity index (χ3v) is 3.94. The number of nitrogens with zero attached hydrogens (tertiary/aromatic N) is 2. The maximum atomic E-state index is 12.1. The molecule has 0 radical (unpaired) electrons. The fourth-order valence-electron chi connectivity index (χ4n) is 1.41. The molecule has 0 saturated heterocycles. The zero-order chi connectivity index (χ0) is 14.7. The summed E-state index contributed by atoms with van der Waals surface area (Å²) >= 11 is 13.1. The van der Waals surface area contributed by atoms with Gasteiger partial charge in [-0.2, -0.15) is 0 Å². The highest BCUT2D eigenvalue weighted by molar-refractivity contribution is 8.00. The van der Waals surface area contributed by atoms with Crippen molar-refractivity contribution in [3.63, 3.8) is 0 Å². The zero-order valence-electron chi connectivity index (χ0n) is 10.8. The van der Waals surface area contributed by atoms with Gasteiger partial charge in [0.05, 0.1) is 16.0 Å². The number of hydrogen-bond acceptors (Lipinski definition) is 4. The van der Waals surface area contributed by atoms with Crippen molar-refractivity contribution in [2.45, 2.75) is 24.3 Å². The largest absolute Gasteiger partial charge is 0.324 e. The Morgan fingerprint density at radius 1 is 1.45 bits per heavy atom. The van der Waals surface area contributed by atoms with Gasteiger partial charge in [-0.05, 0) is 32.0 Å². The molecule has 0 aliphatic rings. The number of H-pyrrole nitrogens is 1. The molecule has 1 amide bonds. The molecule has 1 unspecified atom stereocenters. The van der Waals surface area contributed by atoms with Crippen LogP contribution in [-0.2, 0) is 4.79 Å². The fraction of sp³-hybridized carbons (Fsp3) is 0.250. The number of amides is 1. The SMILES string of the molecule is Cc1nc(SC(C)C(=O)Nc2cc(Cl)ccc2Cl)n[nH]1. The molecule has 2 rings (SSSR count).